The largest absolute Gasteiger partial charge is 0.311 e. The molecule has 10 heavy (non-hydrogen) atoms. The first-order valence-corrected chi connectivity index (χ1v) is 3.52. The molecule has 0 rings (SSSR count). The van der Waals surface area contributed by atoms with Crippen molar-refractivity contribution in [2.75, 3.05) is 13.1 Å². The highest BCUT2D eigenvalue weighted by atomic mass is 16.6. The molecule has 0 aromatic heterocycles. The topological polar surface area (TPSA) is 55.2 Å². The second-order valence-corrected chi connectivity index (χ2v) is 2.34. The van der Waals surface area contributed by atoms with E-state index in [0.29, 0.717) is 6.54 Å². The molecular weight excluding hydrogens is 132 g/mol. The summed E-state index contributed by atoms with van der Waals surface area (Å²) >= 11 is 0. The number of nitro groups is 1. The van der Waals surface area contributed by atoms with Gasteiger partial charge in [-0.25, -0.2) is 0 Å². The van der Waals surface area contributed by atoms with E-state index in [9.17, 15) is 10.1 Å². The third-order valence-electron chi connectivity index (χ3n) is 1.23. The van der Waals surface area contributed by atoms with E-state index in [4.69, 9.17) is 0 Å². The fourth-order valence-corrected chi connectivity index (χ4v) is 0.562. The summed E-state index contributed by atoms with van der Waals surface area (Å²) in [6.45, 7) is 4.96. The molecule has 4 nitrogen and oxygen atoms in total. The van der Waals surface area contributed by atoms with Crippen LogP contribution in [-0.4, -0.2) is 24.1 Å². The minimum Gasteiger partial charge on any atom is -0.311 e. The Bertz CT molecular complexity index is 106. The summed E-state index contributed by atoms with van der Waals surface area (Å²) in [4.78, 5) is 9.78. The zero-order chi connectivity index (χ0) is 7.98. The van der Waals surface area contributed by atoms with Crippen LogP contribution in [0.15, 0.2) is 0 Å². The zero-order valence-corrected chi connectivity index (χ0v) is 6.46. The van der Waals surface area contributed by atoms with Crippen molar-refractivity contribution in [3.63, 3.8) is 0 Å². The lowest BCUT2D eigenvalue weighted by Gasteiger charge is -2.03. The van der Waals surface area contributed by atoms with Gasteiger partial charge in [-0.15, -0.1) is 0 Å². The summed E-state index contributed by atoms with van der Waals surface area (Å²) in [6.07, 6.45) is 1.02. The monoisotopic (exact) mass is 146 g/mol. The molecule has 1 unspecified atom stereocenters. The Labute approximate surface area is 60.8 Å². The molecule has 0 aliphatic rings. The number of hydrogen-bond acceptors (Lipinski definition) is 3. The molecule has 0 radical (unpaired) electrons. The number of rotatable bonds is 5. The van der Waals surface area contributed by atoms with E-state index >= 15 is 0 Å². The van der Waals surface area contributed by atoms with E-state index in [1.165, 1.54) is 0 Å². The van der Waals surface area contributed by atoms with Gasteiger partial charge in [0.2, 0.25) is 6.04 Å². The average molecular weight is 146 g/mol. The fraction of sp³-hybridized carbons (Fsp3) is 1.00. The maximum Gasteiger partial charge on any atom is 0.222 e. The van der Waals surface area contributed by atoms with Gasteiger partial charge in [0.05, 0.1) is 6.54 Å². The summed E-state index contributed by atoms with van der Waals surface area (Å²) in [6, 6.07) is -0.466. The summed E-state index contributed by atoms with van der Waals surface area (Å²) in [5.41, 5.74) is 0. The normalized spacial score (nSPS) is 13.0. The van der Waals surface area contributed by atoms with Crippen molar-refractivity contribution in [1.29, 1.82) is 0 Å². The molecule has 0 aromatic carbocycles. The minimum absolute atomic E-state index is 0.275. The lowest BCUT2D eigenvalue weighted by atomic mass is 10.3. The Kier molecular flexibility index (Phi) is 4.84. The molecule has 0 aliphatic carbocycles. The van der Waals surface area contributed by atoms with Gasteiger partial charge in [-0.05, 0) is 13.0 Å². The van der Waals surface area contributed by atoms with E-state index in [1.807, 2.05) is 6.92 Å². The van der Waals surface area contributed by atoms with Gasteiger partial charge >= 0.3 is 0 Å². The third-order valence-corrected chi connectivity index (χ3v) is 1.23. The van der Waals surface area contributed by atoms with Gasteiger partial charge in [-0.2, -0.15) is 0 Å². The number of nitrogens with zero attached hydrogens (tertiary/aromatic N) is 1. The minimum atomic E-state index is -0.466. The van der Waals surface area contributed by atoms with E-state index in [-0.39, 0.29) is 4.92 Å². The van der Waals surface area contributed by atoms with Gasteiger partial charge in [0.15, 0.2) is 0 Å². The van der Waals surface area contributed by atoms with Crippen LogP contribution in [-0.2, 0) is 0 Å². The first-order valence-electron chi connectivity index (χ1n) is 3.52. The van der Waals surface area contributed by atoms with Crippen molar-refractivity contribution in [2.24, 2.45) is 0 Å². The average Bonchev–Trinajstić information content (AvgIpc) is 1.88. The van der Waals surface area contributed by atoms with E-state index in [2.05, 4.69) is 5.32 Å². The van der Waals surface area contributed by atoms with Crippen molar-refractivity contribution >= 4 is 0 Å². The van der Waals surface area contributed by atoms with Gasteiger partial charge in [0.1, 0.15) is 0 Å². The Hall–Kier alpha value is -0.640. The molecule has 1 N–H and O–H groups in total. The Morgan fingerprint density at radius 1 is 1.70 bits per heavy atom. The predicted octanol–water partition coefficient (Wildman–Crippen LogP) is 0.651. The smallest absolute Gasteiger partial charge is 0.222 e. The molecular formula is C6H14N2O2. The highest BCUT2D eigenvalue weighted by Gasteiger charge is 2.09. The second-order valence-electron chi connectivity index (χ2n) is 2.34. The van der Waals surface area contributed by atoms with Crippen LogP contribution in [0, 0.1) is 10.1 Å². The van der Waals surface area contributed by atoms with Gasteiger partial charge < -0.3 is 5.32 Å². The lowest BCUT2D eigenvalue weighted by molar-refractivity contribution is -0.515. The standard InChI is InChI=1S/C6H14N2O2/c1-3-4-7-5-6(2)8(9)10/h6-7H,3-5H2,1-2H3. The molecule has 1 atom stereocenters. The third kappa shape index (κ3) is 4.26. The van der Waals surface area contributed by atoms with Crippen LogP contribution in [0.1, 0.15) is 20.3 Å². The number of hydrogen-bond donors (Lipinski definition) is 1. The van der Waals surface area contributed by atoms with Crippen molar-refractivity contribution in [2.45, 2.75) is 26.3 Å². The van der Waals surface area contributed by atoms with Crippen molar-refractivity contribution in [3.05, 3.63) is 10.1 Å². The molecule has 4 heteroatoms. The Morgan fingerprint density at radius 2 is 2.30 bits per heavy atom. The van der Waals surface area contributed by atoms with Crippen molar-refractivity contribution in [1.82, 2.24) is 5.32 Å². The quantitative estimate of drug-likeness (QED) is 0.352. The second kappa shape index (κ2) is 5.17. The molecule has 0 aliphatic heterocycles. The molecule has 0 spiro atoms. The molecule has 0 fully saturated rings. The van der Waals surface area contributed by atoms with Gasteiger partial charge in [0.25, 0.3) is 0 Å². The van der Waals surface area contributed by atoms with Gasteiger partial charge in [0, 0.05) is 11.8 Å². The van der Waals surface area contributed by atoms with Crippen LogP contribution in [0.5, 0.6) is 0 Å². The maximum atomic E-state index is 10.1. The van der Waals surface area contributed by atoms with E-state index < -0.39 is 6.04 Å². The Morgan fingerprint density at radius 3 is 2.70 bits per heavy atom. The van der Waals surface area contributed by atoms with Crippen LogP contribution in [0.3, 0.4) is 0 Å². The van der Waals surface area contributed by atoms with Gasteiger partial charge in [-0.3, -0.25) is 10.1 Å². The molecule has 0 heterocycles. The predicted molar refractivity (Wildman–Crippen MR) is 39.6 cm³/mol. The van der Waals surface area contributed by atoms with Crippen LogP contribution >= 0.6 is 0 Å². The molecule has 60 valence electrons. The van der Waals surface area contributed by atoms with Crippen molar-refractivity contribution in [3.8, 4) is 0 Å². The SMILES string of the molecule is CCCNCC(C)[N+](=O)[O-]. The molecule has 0 amide bonds. The Balaban J connectivity index is 3.21. The summed E-state index contributed by atoms with van der Waals surface area (Å²) in [7, 11) is 0. The summed E-state index contributed by atoms with van der Waals surface area (Å²) in [5.74, 6) is 0. The number of nitrogens with one attached hydrogen (secondary N) is 1. The van der Waals surface area contributed by atoms with Crippen LogP contribution in [0.4, 0.5) is 0 Å². The molecule has 0 saturated heterocycles. The molecule has 0 saturated carbocycles. The fourth-order valence-electron chi connectivity index (χ4n) is 0.562. The highest BCUT2D eigenvalue weighted by Crippen LogP contribution is 1.84. The zero-order valence-electron chi connectivity index (χ0n) is 6.46. The highest BCUT2D eigenvalue weighted by molar-refractivity contribution is 4.52. The van der Waals surface area contributed by atoms with Crippen LogP contribution in [0.25, 0.3) is 0 Å². The first kappa shape index (κ1) is 9.36. The summed E-state index contributed by atoms with van der Waals surface area (Å²) in [5, 5.41) is 13.0. The van der Waals surface area contributed by atoms with E-state index in [1.54, 1.807) is 6.92 Å². The van der Waals surface area contributed by atoms with Crippen molar-refractivity contribution < 1.29 is 4.92 Å². The summed E-state index contributed by atoms with van der Waals surface area (Å²) < 4.78 is 0. The molecule has 0 bridgehead atoms. The molecule has 0 aromatic rings. The van der Waals surface area contributed by atoms with Crippen LogP contribution < -0.4 is 5.32 Å². The maximum absolute atomic E-state index is 10.1. The van der Waals surface area contributed by atoms with E-state index in [0.717, 1.165) is 13.0 Å². The first-order chi connectivity index (χ1) is 4.68. The van der Waals surface area contributed by atoms with Crippen LogP contribution in [0.2, 0.25) is 0 Å². The van der Waals surface area contributed by atoms with Gasteiger partial charge in [-0.1, -0.05) is 6.92 Å². The lowest BCUT2D eigenvalue weighted by Crippen LogP contribution is -2.30.